The van der Waals surface area contributed by atoms with E-state index in [4.69, 9.17) is 9.47 Å². The SMILES string of the molecule is CC(C)(C)NC(=O)c1nc(C(=O)Nc2ccc3c(c2)OCCO3)c2n1CCCC2. The van der Waals surface area contributed by atoms with E-state index >= 15 is 0 Å². The zero-order valence-corrected chi connectivity index (χ0v) is 17.0. The molecular weight excluding hydrogens is 372 g/mol. The van der Waals surface area contributed by atoms with Crippen molar-refractivity contribution in [2.24, 2.45) is 0 Å². The number of hydrogen-bond donors (Lipinski definition) is 2. The standard InChI is InChI=1S/C21H26N4O4/c1-21(2,3)24-20(27)18-23-17(14-6-4-5-9-25(14)18)19(26)22-13-7-8-15-16(12-13)29-11-10-28-15/h7-8,12H,4-6,9-11H2,1-3H3,(H,22,26)(H,24,27). The number of nitrogens with zero attached hydrogens (tertiary/aromatic N) is 2. The Labute approximate surface area is 169 Å². The second-order valence-electron chi connectivity index (χ2n) is 8.36. The van der Waals surface area contributed by atoms with Gasteiger partial charge in [0.2, 0.25) is 0 Å². The van der Waals surface area contributed by atoms with Crippen LogP contribution in [0.2, 0.25) is 0 Å². The van der Waals surface area contributed by atoms with Gasteiger partial charge in [0.15, 0.2) is 23.0 Å². The Morgan fingerprint density at radius 1 is 1.07 bits per heavy atom. The van der Waals surface area contributed by atoms with E-state index in [9.17, 15) is 9.59 Å². The molecule has 4 rings (SSSR count). The van der Waals surface area contributed by atoms with E-state index in [0.29, 0.717) is 48.5 Å². The number of nitrogens with one attached hydrogen (secondary N) is 2. The van der Waals surface area contributed by atoms with Crippen molar-refractivity contribution >= 4 is 17.5 Å². The lowest BCUT2D eigenvalue weighted by Gasteiger charge is -2.22. The third kappa shape index (κ3) is 4.06. The van der Waals surface area contributed by atoms with Gasteiger partial charge < -0.3 is 24.7 Å². The van der Waals surface area contributed by atoms with Crippen LogP contribution in [0.15, 0.2) is 18.2 Å². The number of imidazole rings is 1. The molecule has 29 heavy (non-hydrogen) atoms. The monoisotopic (exact) mass is 398 g/mol. The number of hydrogen-bond acceptors (Lipinski definition) is 5. The van der Waals surface area contributed by atoms with Crippen LogP contribution >= 0.6 is 0 Å². The second-order valence-corrected chi connectivity index (χ2v) is 8.36. The van der Waals surface area contributed by atoms with Crippen molar-refractivity contribution in [1.82, 2.24) is 14.9 Å². The molecule has 0 spiro atoms. The molecule has 0 saturated heterocycles. The minimum Gasteiger partial charge on any atom is -0.486 e. The topological polar surface area (TPSA) is 94.5 Å². The Balaban J connectivity index is 1.61. The third-order valence-electron chi connectivity index (χ3n) is 4.82. The number of ether oxygens (including phenoxy) is 2. The summed E-state index contributed by atoms with van der Waals surface area (Å²) in [7, 11) is 0. The predicted octanol–water partition coefficient (Wildman–Crippen LogP) is 2.77. The zero-order valence-electron chi connectivity index (χ0n) is 17.0. The van der Waals surface area contributed by atoms with Gasteiger partial charge in [0.25, 0.3) is 11.8 Å². The number of anilines is 1. The lowest BCUT2D eigenvalue weighted by atomic mass is 10.1. The molecule has 0 aliphatic carbocycles. The summed E-state index contributed by atoms with van der Waals surface area (Å²) in [5.74, 6) is 0.962. The molecule has 0 bridgehead atoms. The van der Waals surface area contributed by atoms with Crippen molar-refractivity contribution in [2.45, 2.75) is 52.1 Å². The number of aromatic nitrogens is 2. The van der Waals surface area contributed by atoms with Crippen LogP contribution < -0.4 is 20.1 Å². The first-order chi connectivity index (χ1) is 13.8. The molecule has 0 fully saturated rings. The third-order valence-corrected chi connectivity index (χ3v) is 4.82. The summed E-state index contributed by atoms with van der Waals surface area (Å²) in [5, 5.41) is 5.81. The first kappa shape index (κ1) is 19.3. The van der Waals surface area contributed by atoms with Crippen LogP contribution in [0.3, 0.4) is 0 Å². The summed E-state index contributed by atoms with van der Waals surface area (Å²) in [6, 6.07) is 5.28. The first-order valence-electron chi connectivity index (χ1n) is 9.95. The van der Waals surface area contributed by atoms with Crippen molar-refractivity contribution in [1.29, 1.82) is 0 Å². The van der Waals surface area contributed by atoms with Gasteiger partial charge in [0.05, 0.1) is 5.69 Å². The fourth-order valence-corrected chi connectivity index (χ4v) is 3.61. The molecule has 154 valence electrons. The molecule has 1 aromatic heterocycles. The molecule has 2 aliphatic rings. The number of benzene rings is 1. The van der Waals surface area contributed by atoms with E-state index in [2.05, 4.69) is 15.6 Å². The van der Waals surface area contributed by atoms with Crippen LogP contribution in [0.25, 0.3) is 0 Å². The van der Waals surface area contributed by atoms with Crippen LogP contribution in [-0.2, 0) is 13.0 Å². The van der Waals surface area contributed by atoms with E-state index in [1.165, 1.54) is 0 Å². The summed E-state index contributed by atoms with van der Waals surface area (Å²) in [4.78, 5) is 30.2. The van der Waals surface area contributed by atoms with Crippen LogP contribution in [-0.4, -0.2) is 40.1 Å². The van der Waals surface area contributed by atoms with Crippen molar-refractivity contribution in [2.75, 3.05) is 18.5 Å². The van der Waals surface area contributed by atoms with Gasteiger partial charge in [-0.2, -0.15) is 0 Å². The van der Waals surface area contributed by atoms with Gasteiger partial charge in [-0.1, -0.05) is 0 Å². The number of rotatable bonds is 3. The van der Waals surface area contributed by atoms with Gasteiger partial charge in [-0.25, -0.2) is 4.98 Å². The number of carbonyl (C=O) groups excluding carboxylic acids is 2. The number of carbonyl (C=O) groups is 2. The summed E-state index contributed by atoms with van der Waals surface area (Å²) in [6.07, 6.45) is 2.65. The highest BCUT2D eigenvalue weighted by Crippen LogP contribution is 2.33. The van der Waals surface area contributed by atoms with Gasteiger partial charge in [0.1, 0.15) is 13.2 Å². The van der Waals surface area contributed by atoms with Crippen molar-refractivity contribution in [3.63, 3.8) is 0 Å². The summed E-state index contributed by atoms with van der Waals surface area (Å²) < 4.78 is 13.0. The van der Waals surface area contributed by atoms with Crippen LogP contribution in [0, 0.1) is 0 Å². The van der Waals surface area contributed by atoms with E-state index in [1.807, 2.05) is 25.3 Å². The van der Waals surface area contributed by atoms with E-state index < -0.39 is 0 Å². The summed E-state index contributed by atoms with van der Waals surface area (Å²) >= 11 is 0. The Hall–Kier alpha value is -3.03. The van der Waals surface area contributed by atoms with Crippen LogP contribution in [0.4, 0.5) is 5.69 Å². The lowest BCUT2D eigenvalue weighted by molar-refractivity contribution is 0.0903. The quantitative estimate of drug-likeness (QED) is 0.829. The minimum atomic E-state index is -0.383. The molecule has 3 heterocycles. The Morgan fingerprint density at radius 3 is 2.59 bits per heavy atom. The highest BCUT2D eigenvalue weighted by Gasteiger charge is 2.29. The largest absolute Gasteiger partial charge is 0.486 e. The van der Waals surface area contributed by atoms with Crippen LogP contribution in [0.5, 0.6) is 11.5 Å². The number of amides is 2. The molecule has 8 nitrogen and oxygen atoms in total. The normalized spacial score (nSPS) is 15.4. The molecule has 2 amide bonds. The van der Waals surface area contributed by atoms with E-state index in [0.717, 1.165) is 25.0 Å². The smallest absolute Gasteiger partial charge is 0.287 e. The summed E-state index contributed by atoms with van der Waals surface area (Å²) in [5.41, 5.74) is 1.33. The Morgan fingerprint density at radius 2 is 1.83 bits per heavy atom. The Kier molecular flexibility index (Phi) is 4.94. The average molecular weight is 398 g/mol. The first-order valence-corrected chi connectivity index (χ1v) is 9.95. The fraction of sp³-hybridized carbons (Fsp3) is 0.476. The van der Waals surface area contributed by atoms with Gasteiger partial charge >= 0.3 is 0 Å². The molecule has 8 heteroatoms. The molecule has 2 aromatic rings. The molecule has 2 N–H and O–H groups in total. The fourth-order valence-electron chi connectivity index (χ4n) is 3.61. The minimum absolute atomic E-state index is 0.265. The zero-order chi connectivity index (χ0) is 20.6. The van der Waals surface area contributed by atoms with Crippen molar-refractivity contribution in [3.05, 3.63) is 35.4 Å². The molecule has 0 saturated carbocycles. The van der Waals surface area contributed by atoms with E-state index in [-0.39, 0.29) is 17.4 Å². The number of fused-ring (bicyclic) bond motifs is 2. The molecule has 2 aliphatic heterocycles. The van der Waals surface area contributed by atoms with Crippen molar-refractivity contribution < 1.29 is 19.1 Å². The van der Waals surface area contributed by atoms with Gasteiger partial charge in [-0.3, -0.25) is 9.59 Å². The molecule has 0 atom stereocenters. The van der Waals surface area contributed by atoms with Gasteiger partial charge in [0, 0.05) is 23.8 Å². The van der Waals surface area contributed by atoms with Gasteiger partial charge in [-0.15, -0.1) is 0 Å². The van der Waals surface area contributed by atoms with Crippen LogP contribution in [0.1, 0.15) is 60.4 Å². The highest BCUT2D eigenvalue weighted by atomic mass is 16.6. The van der Waals surface area contributed by atoms with Gasteiger partial charge in [-0.05, 0) is 52.2 Å². The second kappa shape index (κ2) is 7.42. The Bertz CT molecular complexity index is 958. The lowest BCUT2D eigenvalue weighted by Crippen LogP contribution is -2.42. The molecular formula is C21H26N4O4. The van der Waals surface area contributed by atoms with E-state index in [1.54, 1.807) is 18.2 Å². The highest BCUT2D eigenvalue weighted by molar-refractivity contribution is 6.05. The average Bonchev–Trinajstić information content (AvgIpc) is 3.07. The summed E-state index contributed by atoms with van der Waals surface area (Å²) in [6.45, 7) is 7.43. The van der Waals surface area contributed by atoms with Crippen molar-refractivity contribution in [3.8, 4) is 11.5 Å². The molecule has 1 aromatic carbocycles. The predicted molar refractivity (Wildman–Crippen MR) is 108 cm³/mol. The molecule has 0 radical (unpaired) electrons. The maximum atomic E-state index is 13.0. The maximum Gasteiger partial charge on any atom is 0.287 e. The maximum absolute atomic E-state index is 13.0. The molecule has 0 unspecified atom stereocenters.